The first-order valence-electron chi connectivity index (χ1n) is 9.40. The average Bonchev–Trinajstić information content (AvgIpc) is 3.18. The van der Waals surface area contributed by atoms with Gasteiger partial charge >= 0.3 is 0 Å². The molecule has 0 radical (unpaired) electrons. The number of likely N-dealkylation sites (tertiary alicyclic amines) is 1. The van der Waals surface area contributed by atoms with E-state index in [9.17, 15) is 4.79 Å². The van der Waals surface area contributed by atoms with Gasteiger partial charge in [0, 0.05) is 18.7 Å². The number of piperidine rings is 1. The minimum absolute atomic E-state index is 0.00279. The first-order chi connectivity index (χ1) is 13.2. The quantitative estimate of drug-likeness (QED) is 0.799. The molecule has 8 heteroatoms. The Morgan fingerprint density at radius 3 is 2.89 bits per heavy atom. The summed E-state index contributed by atoms with van der Waals surface area (Å²) >= 11 is 0. The lowest BCUT2D eigenvalue weighted by atomic mass is 9.99. The molecule has 1 amide bonds. The summed E-state index contributed by atoms with van der Waals surface area (Å²) in [6.07, 6.45) is 2.57. The second-order valence-electron chi connectivity index (χ2n) is 6.65. The number of benzene rings is 1. The molecule has 1 aromatic carbocycles. The molecule has 2 aliphatic heterocycles. The van der Waals surface area contributed by atoms with Gasteiger partial charge in [0.25, 0.3) is 5.91 Å². The SMILES string of the molecule is CCOc1ccc(C(=O)N2CC[C@@H]3OCc4cnnn4[C@H]3C2)cc1OCC. The molecule has 2 aromatic rings. The van der Waals surface area contributed by atoms with Crippen LogP contribution in [0.25, 0.3) is 0 Å². The summed E-state index contributed by atoms with van der Waals surface area (Å²) in [5, 5.41) is 8.17. The number of fused-ring (bicyclic) bond motifs is 3. The van der Waals surface area contributed by atoms with Gasteiger partial charge in [0.05, 0.1) is 43.9 Å². The Hall–Kier alpha value is -2.61. The molecule has 1 aromatic heterocycles. The standard InChI is InChI=1S/C19H24N4O4/c1-3-25-17-6-5-13(9-18(17)26-4-2)19(24)22-8-7-16-15(11-22)23-14(12-27-16)10-20-21-23/h5-6,9-10,15-16H,3-4,7-8,11-12H2,1-2H3/t15-,16-/m0/s1. The molecule has 0 unspecified atom stereocenters. The Morgan fingerprint density at radius 2 is 2.07 bits per heavy atom. The predicted octanol–water partition coefficient (Wildman–Crippen LogP) is 2.06. The number of amides is 1. The minimum Gasteiger partial charge on any atom is -0.490 e. The van der Waals surface area contributed by atoms with Crippen LogP contribution in [-0.2, 0) is 11.3 Å². The van der Waals surface area contributed by atoms with E-state index >= 15 is 0 Å². The molecule has 144 valence electrons. The van der Waals surface area contributed by atoms with Gasteiger partial charge in [0.2, 0.25) is 0 Å². The summed E-state index contributed by atoms with van der Waals surface area (Å²) in [5.74, 6) is 1.23. The number of ether oxygens (including phenoxy) is 3. The lowest BCUT2D eigenvalue weighted by Crippen LogP contribution is -2.49. The second kappa shape index (κ2) is 7.56. The molecule has 1 saturated heterocycles. The number of nitrogens with zero attached hydrogens (tertiary/aromatic N) is 4. The zero-order chi connectivity index (χ0) is 18.8. The highest BCUT2D eigenvalue weighted by molar-refractivity contribution is 5.95. The fraction of sp³-hybridized carbons (Fsp3) is 0.526. The molecule has 0 N–H and O–H groups in total. The van der Waals surface area contributed by atoms with Crippen LogP contribution < -0.4 is 9.47 Å². The first-order valence-corrected chi connectivity index (χ1v) is 9.40. The third-order valence-corrected chi connectivity index (χ3v) is 5.01. The largest absolute Gasteiger partial charge is 0.490 e. The van der Waals surface area contributed by atoms with Crippen LogP contribution in [0.3, 0.4) is 0 Å². The fourth-order valence-corrected chi connectivity index (χ4v) is 3.73. The maximum Gasteiger partial charge on any atom is 0.254 e. The maximum absolute atomic E-state index is 13.1. The first kappa shape index (κ1) is 17.8. The van der Waals surface area contributed by atoms with Crippen LogP contribution in [0.2, 0.25) is 0 Å². The summed E-state index contributed by atoms with van der Waals surface area (Å²) in [5.41, 5.74) is 1.54. The topological polar surface area (TPSA) is 78.7 Å². The molecule has 0 saturated carbocycles. The van der Waals surface area contributed by atoms with E-state index in [0.717, 1.165) is 12.1 Å². The van der Waals surface area contributed by atoms with Crippen molar-refractivity contribution in [3.63, 3.8) is 0 Å². The van der Waals surface area contributed by atoms with Crippen LogP contribution in [0, 0.1) is 0 Å². The number of hydrogen-bond acceptors (Lipinski definition) is 6. The van der Waals surface area contributed by atoms with Crippen molar-refractivity contribution in [2.45, 2.75) is 39.0 Å². The molecular formula is C19H24N4O4. The van der Waals surface area contributed by atoms with Gasteiger partial charge in [-0.2, -0.15) is 0 Å². The van der Waals surface area contributed by atoms with E-state index in [-0.39, 0.29) is 18.1 Å². The number of carbonyl (C=O) groups is 1. The van der Waals surface area contributed by atoms with E-state index in [0.29, 0.717) is 50.0 Å². The third-order valence-electron chi connectivity index (χ3n) is 5.01. The van der Waals surface area contributed by atoms with Gasteiger partial charge in [-0.05, 0) is 38.5 Å². The Kier molecular flexibility index (Phi) is 4.98. The smallest absolute Gasteiger partial charge is 0.254 e. The Morgan fingerprint density at radius 1 is 1.26 bits per heavy atom. The lowest BCUT2D eigenvalue weighted by Gasteiger charge is -2.41. The van der Waals surface area contributed by atoms with Gasteiger partial charge in [0.1, 0.15) is 0 Å². The summed E-state index contributed by atoms with van der Waals surface area (Å²) in [7, 11) is 0. The lowest BCUT2D eigenvalue weighted by molar-refractivity contribution is -0.0605. The van der Waals surface area contributed by atoms with E-state index in [2.05, 4.69) is 10.3 Å². The van der Waals surface area contributed by atoms with Gasteiger partial charge in [-0.3, -0.25) is 4.79 Å². The molecule has 8 nitrogen and oxygen atoms in total. The van der Waals surface area contributed by atoms with E-state index in [4.69, 9.17) is 14.2 Å². The molecule has 2 atom stereocenters. The van der Waals surface area contributed by atoms with Crippen LogP contribution in [0.1, 0.15) is 42.4 Å². The van der Waals surface area contributed by atoms with Gasteiger partial charge in [-0.15, -0.1) is 5.10 Å². The van der Waals surface area contributed by atoms with Crippen LogP contribution >= 0.6 is 0 Å². The molecule has 27 heavy (non-hydrogen) atoms. The highest BCUT2D eigenvalue weighted by Gasteiger charge is 2.38. The molecule has 3 heterocycles. The van der Waals surface area contributed by atoms with Crippen molar-refractivity contribution in [2.75, 3.05) is 26.3 Å². The van der Waals surface area contributed by atoms with E-state index in [1.54, 1.807) is 24.4 Å². The molecule has 1 fully saturated rings. The molecule has 0 spiro atoms. The minimum atomic E-state index is -0.0234. The number of rotatable bonds is 5. The van der Waals surface area contributed by atoms with Gasteiger partial charge in [0.15, 0.2) is 11.5 Å². The van der Waals surface area contributed by atoms with Crippen molar-refractivity contribution in [3.05, 3.63) is 35.7 Å². The summed E-state index contributed by atoms with van der Waals surface area (Å²) < 4.78 is 19.1. The van der Waals surface area contributed by atoms with Crippen molar-refractivity contribution < 1.29 is 19.0 Å². The van der Waals surface area contributed by atoms with E-state index in [1.807, 2.05) is 23.4 Å². The summed E-state index contributed by atoms with van der Waals surface area (Å²) in [6, 6.07) is 5.36. The molecule has 0 bridgehead atoms. The normalized spacial score (nSPS) is 21.3. The van der Waals surface area contributed by atoms with Crippen LogP contribution in [-0.4, -0.2) is 58.2 Å². The van der Waals surface area contributed by atoms with Crippen molar-refractivity contribution in [1.82, 2.24) is 19.9 Å². The average molecular weight is 372 g/mol. The Labute approximate surface area is 158 Å². The van der Waals surface area contributed by atoms with Crippen molar-refractivity contribution in [3.8, 4) is 11.5 Å². The molecule has 4 rings (SSSR count). The Bertz CT molecular complexity index is 822. The van der Waals surface area contributed by atoms with Crippen LogP contribution in [0.15, 0.2) is 24.4 Å². The summed E-state index contributed by atoms with van der Waals surface area (Å²) in [4.78, 5) is 14.9. The zero-order valence-corrected chi connectivity index (χ0v) is 15.6. The van der Waals surface area contributed by atoms with Crippen molar-refractivity contribution >= 4 is 5.91 Å². The Balaban J connectivity index is 1.54. The number of hydrogen-bond donors (Lipinski definition) is 0. The highest BCUT2D eigenvalue weighted by Crippen LogP contribution is 2.32. The number of carbonyl (C=O) groups excluding carboxylic acids is 1. The third kappa shape index (κ3) is 3.37. The highest BCUT2D eigenvalue weighted by atomic mass is 16.5. The van der Waals surface area contributed by atoms with Crippen molar-refractivity contribution in [1.29, 1.82) is 0 Å². The molecule has 0 aliphatic carbocycles. The second-order valence-corrected chi connectivity index (χ2v) is 6.65. The zero-order valence-electron chi connectivity index (χ0n) is 15.6. The molecule has 2 aliphatic rings. The summed E-state index contributed by atoms with van der Waals surface area (Å²) in [6.45, 7) is 6.62. The predicted molar refractivity (Wildman–Crippen MR) is 96.9 cm³/mol. The van der Waals surface area contributed by atoms with E-state index in [1.165, 1.54) is 0 Å². The van der Waals surface area contributed by atoms with Crippen LogP contribution in [0.5, 0.6) is 11.5 Å². The maximum atomic E-state index is 13.1. The monoisotopic (exact) mass is 372 g/mol. The van der Waals surface area contributed by atoms with Gasteiger partial charge in [-0.1, -0.05) is 5.21 Å². The van der Waals surface area contributed by atoms with E-state index < -0.39 is 0 Å². The fourth-order valence-electron chi connectivity index (χ4n) is 3.73. The van der Waals surface area contributed by atoms with Gasteiger partial charge < -0.3 is 19.1 Å². The number of aromatic nitrogens is 3. The van der Waals surface area contributed by atoms with Crippen LogP contribution in [0.4, 0.5) is 0 Å². The van der Waals surface area contributed by atoms with Crippen molar-refractivity contribution in [2.24, 2.45) is 0 Å². The van der Waals surface area contributed by atoms with Gasteiger partial charge in [-0.25, -0.2) is 4.68 Å². The molecular weight excluding hydrogens is 348 g/mol.